The summed E-state index contributed by atoms with van der Waals surface area (Å²) in [7, 11) is 1.62. The van der Waals surface area contributed by atoms with E-state index in [1.807, 2.05) is 18.2 Å². The number of nitrogens with one attached hydrogen (secondary N) is 1. The van der Waals surface area contributed by atoms with E-state index in [0.717, 1.165) is 17.0 Å². The number of hydrogen-bond donors (Lipinski definition) is 1. The summed E-state index contributed by atoms with van der Waals surface area (Å²) < 4.78 is 5.25. The van der Waals surface area contributed by atoms with Crippen molar-refractivity contribution in [3.63, 3.8) is 0 Å². The van der Waals surface area contributed by atoms with E-state index in [1.54, 1.807) is 7.11 Å². The maximum Gasteiger partial charge on any atom is 0.232 e. The Morgan fingerprint density at radius 2 is 2.00 bits per heavy atom. The second-order valence-electron chi connectivity index (χ2n) is 5.21. The van der Waals surface area contributed by atoms with E-state index in [1.165, 1.54) is 0 Å². The van der Waals surface area contributed by atoms with Crippen LogP contribution in [0.5, 0.6) is 5.75 Å². The molecule has 0 spiro atoms. The Balaban J connectivity index is 2.54. The summed E-state index contributed by atoms with van der Waals surface area (Å²) in [5.41, 5.74) is 1.79. The zero-order valence-corrected chi connectivity index (χ0v) is 10.1. The molecule has 0 fully saturated rings. The fraction of sp³-hybridized carbons (Fsp3) is 0.462. The summed E-state index contributed by atoms with van der Waals surface area (Å²) in [4.78, 5) is 12.0. The van der Waals surface area contributed by atoms with Gasteiger partial charge >= 0.3 is 0 Å². The highest BCUT2D eigenvalue weighted by Crippen LogP contribution is 2.46. The van der Waals surface area contributed by atoms with Crippen molar-refractivity contribution in [1.29, 1.82) is 0 Å². The van der Waals surface area contributed by atoms with E-state index in [-0.39, 0.29) is 17.2 Å². The van der Waals surface area contributed by atoms with Crippen molar-refractivity contribution >= 4 is 11.6 Å². The number of anilines is 1. The van der Waals surface area contributed by atoms with Gasteiger partial charge in [0.15, 0.2) is 0 Å². The second kappa shape index (κ2) is 3.51. The van der Waals surface area contributed by atoms with Crippen LogP contribution in [0, 0.1) is 5.41 Å². The van der Waals surface area contributed by atoms with E-state index in [0.29, 0.717) is 0 Å². The Labute approximate surface area is 95.8 Å². The van der Waals surface area contributed by atoms with Crippen molar-refractivity contribution in [2.45, 2.75) is 26.7 Å². The number of benzene rings is 1. The van der Waals surface area contributed by atoms with Gasteiger partial charge in [0.25, 0.3) is 0 Å². The van der Waals surface area contributed by atoms with Gasteiger partial charge in [-0.1, -0.05) is 32.9 Å². The molecule has 2 rings (SSSR count). The first kappa shape index (κ1) is 11.0. The molecule has 16 heavy (non-hydrogen) atoms. The predicted octanol–water partition coefficient (Wildman–Crippen LogP) is 2.78. The SMILES string of the molecule is COc1cccc2c1NC(=O)C2C(C)(C)C. The lowest BCUT2D eigenvalue weighted by Gasteiger charge is -2.25. The van der Waals surface area contributed by atoms with Crippen molar-refractivity contribution in [1.82, 2.24) is 0 Å². The van der Waals surface area contributed by atoms with Crippen LogP contribution in [0.2, 0.25) is 0 Å². The van der Waals surface area contributed by atoms with Gasteiger partial charge in [-0.05, 0) is 17.0 Å². The zero-order valence-electron chi connectivity index (χ0n) is 10.1. The van der Waals surface area contributed by atoms with Crippen LogP contribution in [-0.4, -0.2) is 13.0 Å². The van der Waals surface area contributed by atoms with Crippen LogP contribution in [0.1, 0.15) is 32.3 Å². The maximum atomic E-state index is 12.0. The number of carbonyl (C=O) groups is 1. The average molecular weight is 219 g/mol. The molecule has 0 aromatic heterocycles. The summed E-state index contributed by atoms with van der Waals surface area (Å²) in [6.07, 6.45) is 0. The fourth-order valence-corrected chi connectivity index (χ4v) is 2.29. The smallest absolute Gasteiger partial charge is 0.232 e. The van der Waals surface area contributed by atoms with Crippen LogP contribution in [0.25, 0.3) is 0 Å². The van der Waals surface area contributed by atoms with E-state index in [9.17, 15) is 4.79 Å². The molecule has 0 aliphatic carbocycles. The van der Waals surface area contributed by atoms with Crippen LogP contribution in [0.3, 0.4) is 0 Å². The lowest BCUT2D eigenvalue weighted by Crippen LogP contribution is -2.25. The quantitative estimate of drug-likeness (QED) is 0.788. The molecule has 1 heterocycles. The first-order chi connectivity index (χ1) is 7.45. The fourth-order valence-electron chi connectivity index (χ4n) is 2.29. The molecule has 0 radical (unpaired) electrons. The molecule has 1 aliphatic rings. The van der Waals surface area contributed by atoms with Crippen LogP contribution in [-0.2, 0) is 4.79 Å². The summed E-state index contributed by atoms with van der Waals surface area (Å²) in [5.74, 6) is 0.696. The molecule has 0 bridgehead atoms. The molecule has 3 heteroatoms. The molecular formula is C13H17NO2. The minimum absolute atomic E-state index is 0.0620. The van der Waals surface area contributed by atoms with E-state index in [2.05, 4.69) is 26.1 Å². The van der Waals surface area contributed by atoms with Crippen LogP contribution in [0.4, 0.5) is 5.69 Å². The van der Waals surface area contributed by atoms with Gasteiger partial charge in [-0.25, -0.2) is 0 Å². The third-order valence-electron chi connectivity index (χ3n) is 2.97. The zero-order chi connectivity index (χ0) is 11.9. The number of carbonyl (C=O) groups excluding carboxylic acids is 1. The van der Waals surface area contributed by atoms with E-state index < -0.39 is 0 Å². The number of rotatable bonds is 1. The molecule has 1 aromatic carbocycles. The van der Waals surface area contributed by atoms with Crippen LogP contribution >= 0.6 is 0 Å². The number of para-hydroxylation sites is 1. The monoisotopic (exact) mass is 219 g/mol. The largest absolute Gasteiger partial charge is 0.495 e. The maximum absolute atomic E-state index is 12.0. The Hall–Kier alpha value is -1.51. The second-order valence-corrected chi connectivity index (χ2v) is 5.21. The molecule has 1 aromatic rings. The van der Waals surface area contributed by atoms with E-state index in [4.69, 9.17) is 4.74 Å². The van der Waals surface area contributed by atoms with Crippen molar-refractivity contribution in [3.05, 3.63) is 23.8 Å². The van der Waals surface area contributed by atoms with Gasteiger partial charge in [0.05, 0.1) is 18.7 Å². The van der Waals surface area contributed by atoms with Gasteiger partial charge < -0.3 is 10.1 Å². The Morgan fingerprint density at radius 1 is 1.31 bits per heavy atom. The van der Waals surface area contributed by atoms with Crippen LogP contribution < -0.4 is 10.1 Å². The Bertz CT molecular complexity index is 432. The molecule has 1 unspecified atom stereocenters. The van der Waals surface area contributed by atoms with Gasteiger partial charge in [0.2, 0.25) is 5.91 Å². The highest BCUT2D eigenvalue weighted by molar-refractivity contribution is 6.04. The molecule has 0 saturated carbocycles. The first-order valence-electron chi connectivity index (χ1n) is 5.43. The lowest BCUT2D eigenvalue weighted by molar-refractivity contribution is -0.119. The molecule has 3 nitrogen and oxygen atoms in total. The highest BCUT2D eigenvalue weighted by Gasteiger charge is 2.40. The minimum Gasteiger partial charge on any atom is -0.495 e. The van der Waals surface area contributed by atoms with Crippen molar-refractivity contribution < 1.29 is 9.53 Å². The van der Waals surface area contributed by atoms with Gasteiger partial charge in [0, 0.05) is 0 Å². The Morgan fingerprint density at radius 3 is 2.56 bits per heavy atom. The lowest BCUT2D eigenvalue weighted by atomic mass is 9.77. The molecule has 1 atom stereocenters. The first-order valence-corrected chi connectivity index (χ1v) is 5.43. The summed E-state index contributed by atoms with van der Waals surface area (Å²) in [6.45, 7) is 6.23. The van der Waals surface area contributed by atoms with E-state index >= 15 is 0 Å². The van der Waals surface area contributed by atoms with Crippen LogP contribution in [0.15, 0.2) is 18.2 Å². The number of methoxy groups -OCH3 is 1. The topological polar surface area (TPSA) is 38.3 Å². The standard InChI is InChI=1S/C13H17NO2/c1-13(2,3)10-8-6-5-7-9(16-4)11(8)14-12(10)15/h5-7,10H,1-4H3,(H,14,15). The van der Waals surface area contributed by atoms with Gasteiger partial charge in [0.1, 0.15) is 5.75 Å². The average Bonchev–Trinajstić information content (AvgIpc) is 2.52. The minimum atomic E-state index is -0.0994. The number of amides is 1. The van der Waals surface area contributed by atoms with Crippen molar-refractivity contribution in [2.24, 2.45) is 5.41 Å². The van der Waals surface area contributed by atoms with Gasteiger partial charge in [-0.3, -0.25) is 4.79 Å². The summed E-state index contributed by atoms with van der Waals surface area (Å²) in [5, 5.41) is 2.91. The normalized spacial score (nSPS) is 19.2. The molecular weight excluding hydrogens is 202 g/mol. The molecule has 1 amide bonds. The molecule has 1 N–H and O–H groups in total. The third kappa shape index (κ3) is 1.56. The summed E-state index contributed by atoms with van der Waals surface area (Å²) >= 11 is 0. The van der Waals surface area contributed by atoms with Gasteiger partial charge in [-0.2, -0.15) is 0 Å². The van der Waals surface area contributed by atoms with Gasteiger partial charge in [-0.15, -0.1) is 0 Å². The van der Waals surface area contributed by atoms with Crippen molar-refractivity contribution in [3.8, 4) is 5.75 Å². The highest BCUT2D eigenvalue weighted by atomic mass is 16.5. The molecule has 0 saturated heterocycles. The third-order valence-corrected chi connectivity index (χ3v) is 2.97. The number of hydrogen-bond acceptors (Lipinski definition) is 2. The van der Waals surface area contributed by atoms with Crippen molar-refractivity contribution in [2.75, 3.05) is 12.4 Å². The molecule has 1 aliphatic heterocycles. The summed E-state index contributed by atoms with van der Waals surface area (Å²) in [6, 6.07) is 5.78. The number of fused-ring (bicyclic) bond motifs is 1. The molecule has 86 valence electrons. The Kier molecular flexibility index (Phi) is 2.41. The number of ether oxygens (including phenoxy) is 1. The predicted molar refractivity (Wildman–Crippen MR) is 63.8 cm³/mol.